The van der Waals surface area contributed by atoms with Gasteiger partial charge in [-0.3, -0.25) is 0 Å². The lowest BCUT2D eigenvalue weighted by atomic mass is 9.92. The van der Waals surface area contributed by atoms with E-state index in [1.807, 2.05) is 18.3 Å². The normalized spacial score (nSPS) is 17.3. The number of nitrogens with two attached hydrogens (primary N) is 1. The predicted molar refractivity (Wildman–Crippen MR) is 71.3 cm³/mol. The lowest BCUT2D eigenvalue weighted by Gasteiger charge is -2.24. The van der Waals surface area contributed by atoms with Gasteiger partial charge in [0, 0.05) is 5.69 Å². The van der Waals surface area contributed by atoms with E-state index in [0.29, 0.717) is 0 Å². The molecular weight excluding hydrogens is 208 g/mol. The predicted octanol–water partition coefficient (Wildman–Crippen LogP) is 2.93. The summed E-state index contributed by atoms with van der Waals surface area (Å²) in [7, 11) is 0. The second kappa shape index (κ2) is 3.98. The third kappa shape index (κ3) is 1.78. The van der Waals surface area contributed by atoms with E-state index in [4.69, 9.17) is 5.73 Å². The first-order valence-corrected chi connectivity index (χ1v) is 5.71. The maximum Gasteiger partial charge on any atom is 0.0768 e. The third-order valence-electron chi connectivity index (χ3n) is 3.10. The van der Waals surface area contributed by atoms with Gasteiger partial charge >= 0.3 is 0 Å². The number of nitrogen functional groups attached to an aromatic ring is 1. The van der Waals surface area contributed by atoms with E-state index in [1.54, 1.807) is 0 Å². The maximum absolute atomic E-state index is 5.72. The molecule has 0 aliphatic carbocycles. The van der Waals surface area contributed by atoms with Gasteiger partial charge < -0.3 is 11.1 Å². The van der Waals surface area contributed by atoms with Gasteiger partial charge in [-0.2, -0.15) is 0 Å². The van der Waals surface area contributed by atoms with Gasteiger partial charge in [0.25, 0.3) is 0 Å². The van der Waals surface area contributed by atoms with E-state index in [2.05, 4.69) is 47.8 Å². The molecular formula is C15H14N2. The van der Waals surface area contributed by atoms with E-state index in [-0.39, 0.29) is 6.04 Å². The summed E-state index contributed by atoms with van der Waals surface area (Å²) in [6.07, 6.45) is 4.10. The Bertz CT molecular complexity index is 555. The number of rotatable bonds is 1. The first-order valence-electron chi connectivity index (χ1n) is 5.71. The van der Waals surface area contributed by atoms with E-state index in [1.165, 1.54) is 16.7 Å². The van der Waals surface area contributed by atoms with Gasteiger partial charge in [-0.25, -0.2) is 0 Å². The quantitative estimate of drug-likeness (QED) is 0.728. The van der Waals surface area contributed by atoms with Crippen LogP contribution in [0.5, 0.6) is 0 Å². The number of fused-ring (bicyclic) bond motifs is 1. The summed E-state index contributed by atoms with van der Waals surface area (Å²) < 4.78 is 0. The van der Waals surface area contributed by atoms with Crippen LogP contribution in [0.2, 0.25) is 0 Å². The molecule has 17 heavy (non-hydrogen) atoms. The van der Waals surface area contributed by atoms with Gasteiger partial charge in [0.1, 0.15) is 0 Å². The van der Waals surface area contributed by atoms with Crippen molar-refractivity contribution in [3.8, 4) is 0 Å². The van der Waals surface area contributed by atoms with Gasteiger partial charge in [-0.1, -0.05) is 36.4 Å². The Balaban J connectivity index is 2.05. The fraction of sp³-hybridized carbons (Fsp3) is 0.0667. The summed E-state index contributed by atoms with van der Waals surface area (Å²) in [6, 6.07) is 16.7. The average Bonchev–Trinajstić information content (AvgIpc) is 2.39. The number of benzene rings is 2. The monoisotopic (exact) mass is 222 g/mol. The molecule has 2 aromatic rings. The summed E-state index contributed by atoms with van der Waals surface area (Å²) in [4.78, 5) is 0. The molecule has 1 aliphatic rings. The molecule has 0 amide bonds. The van der Waals surface area contributed by atoms with E-state index in [9.17, 15) is 0 Å². The largest absolute Gasteiger partial charge is 0.399 e. The summed E-state index contributed by atoms with van der Waals surface area (Å²) in [5.41, 5.74) is 10.3. The number of hydrogen-bond acceptors (Lipinski definition) is 2. The Morgan fingerprint density at radius 3 is 2.53 bits per heavy atom. The van der Waals surface area contributed by atoms with Gasteiger partial charge in [0.2, 0.25) is 0 Å². The Kier molecular flexibility index (Phi) is 2.33. The molecule has 2 aromatic carbocycles. The van der Waals surface area contributed by atoms with Crippen LogP contribution in [0, 0.1) is 0 Å². The van der Waals surface area contributed by atoms with Crippen molar-refractivity contribution >= 4 is 11.8 Å². The van der Waals surface area contributed by atoms with Crippen molar-refractivity contribution < 1.29 is 0 Å². The van der Waals surface area contributed by atoms with E-state index >= 15 is 0 Å². The van der Waals surface area contributed by atoms with Gasteiger partial charge in [-0.05, 0) is 41.1 Å². The van der Waals surface area contributed by atoms with Crippen molar-refractivity contribution in [2.24, 2.45) is 0 Å². The average molecular weight is 222 g/mol. The molecule has 0 spiro atoms. The highest BCUT2D eigenvalue weighted by Crippen LogP contribution is 2.29. The SMILES string of the molecule is Nc1ccc(C2NC=Cc3ccccc32)cc1. The van der Waals surface area contributed by atoms with Gasteiger partial charge in [0.05, 0.1) is 6.04 Å². The lowest BCUT2D eigenvalue weighted by Crippen LogP contribution is -2.20. The fourth-order valence-electron chi connectivity index (χ4n) is 2.21. The second-order valence-electron chi connectivity index (χ2n) is 4.23. The number of nitrogens with one attached hydrogen (secondary N) is 1. The molecule has 84 valence electrons. The van der Waals surface area contributed by atoms with Crippen LogP contribution in [-0.4, -0.2) is 0 Å². The molecule has 1 atom stereocenters. The zero-order chi connectivity index (χ0) is 11.7. The molecule has 1 unspecified atom stereocenters. The van der Waals surface area contributed by atoms with Crippen molar-refractivity contribution in [2.45, 2.75) is 6.04 Å². The molecule has 0 bridgehead atoms. The van der Waals surface area contributed by atoms with Crippen LogP contribution in [0.1, 0.15) is 22.7 Å². The minimum absolute atomic E-state index is 0.219. The second-order valence-corrected chi connectivity index (χ2v) is 4.23. The van der Waals surface area contributed by atoms with Crippen molar-refractivity contribution in [3.05, 3.63) is 71.4 Å². The molecule has 1 heterocycles. The summed E-state index contributed by atoms with van der Waals surface area (Å²) >= 11 is 0. The van der Waals surface area contributed by atoms with Crippen molar-refractivity contribution in [1.82, 2.24) is 5.32 Å². The van der Waals surface area contributed by atoms with Crippen molar-refractivity contribution in [2.75, 3.05) is 5.73 Å². The zero-order valence-corrected chi connectivity index (χ0v) is 9.43. The third-order valence-corrected chi connectivity index (χ3v) is 3.10. The Morgan fingerprint density at radius 2 is 1.71 bits per heavy atom. The minimum Gasteiger partial charge on any atom is -0.399 e. The molecule has 3 rings (SSSR count). The highest BCUT2D eigenvalue weighted by Gasteiger charge is 2.17. The van der Waals surface area contributed by atoms with Crippen molar-refractivity contribution in [1.29, 1.82) is 0 Å². The van der Waals surface area contributed by atoms with Crippen LogP contribution in [0.3, 0.4) is 0 Å². The summed E-state index contributed by atoms with van der Waals surface area (Å²) in [5.74, 6) is 0. The van der Waals surface area contributed by atoms with E-state index in [0.717, 1.165) is 5.69 Å². The smallest absolute Gasteiger partial charge is 0.0768 e. The van der Waals surface area contributed by atoms with Crippen LogP contribution in [0.15, 0.2) is 54.7 Å². The summed E-state index contributed by atoms with van der Waals surface area (Å²) in [6.45, 7) is 0. The minimum atomic E-state index is 0.219. The standard InChI is InChI=1S/C15H14N2/c16-13-7-5-12(6-8-13)15-14-4-2-1-3-11(14)9-10-17-15/h1-10,15,17H,16H2. The molecule has 2 nitrogen and oxygen atoms in total. The Hall–Kier alpha value is -2.22. The molecule has 0 aromatic heterocycles. The molecule has 2 heteroatoms. The van der Waals surface area contributed by atoms with Crippen LogP contribution in [0.25, 0.3) is 6.08 Å². The molecule has 0 radical (unpaired) electrons. The first-order chi connectivity index (χ1) is 8.34. The van der Waals surface area contributed by atoms with E-state index < -0.39 is 0 Å². The van der Waals surface area contributed by atoms with Crippen LogP contribution in [0.4, 0.5) is 5.69 Å². The van der Waals surface area contributed by atoms with Gasteiger partial charge in [0.15, 0.2) is 0 Å². The maximum atomic E-state index is 5.72. The number of anilines is 1. The molecule has 0 saturated heterocycles. The molecule has 1 aliphatic heterocycles. The first kappa shape index (κ1) is 9.97. The molecule has 0 fully saturated rings. The molecule has 0 saturated carbocycles. The van der Waals surface area contributed by atoms with Crippen molar-refractivity contribution in [3.63, 3.8) is 0 Å². The van der Waals surface area contributed by atoms with Crippen LogP contribution >= 0.6 is 0 Å². The zero-order valence-electron chi connectivity index (χ0n) is 9.43. The Morgan fingerprint density at radius 1 is 0.941 bits per heavy atom. The van der Waals surface area contributed by atoms with Crippen LogP contribution < -0.4 is 11.1 Å². The highest BCUT2D eigenvalue weighted by molar-refractivity contribution is 5.59. The Labute approximate surface area is 101 Å². The van der Waals surface area contributed by atoms with Gasteiger partial charge in [-0.15, -0.1) is 0 Å². The summed E-state index contributed by atoms with van der Waals surface area (Å²) in [5, 5.41) is 3.39. The highest BCUT2D eigenvalue weighted by atomic mass is 14.9. The fourth-order valence-corrected chi connectivity index (χ4v) is 2.21. The lowest BCUT2D eigenvalue weighted by molar-refractivity contribution is 0.721. The number of hydrogen-bond donors (Lipinski definition) is 2. The topological polar surface area (TPSA) is 38.0 Å². The van der Waals surface area contributed by atoms with Crippen LogP contribution in [-0.2, 0) is 0 Å². The molecule has 3 N–H and O–H groups in total.